The summed E-state index contributed by atoms with van der Waals surface area (Å²) in [5.41, 5.74) is 4.42. The third-order valence-corrected chi connectivity index (χ3v) is 10.1. The van der Waals surface area contributed by atoms with Gasteiger partial charge in [-0.15, -0.1) is 0 Å². The lowest BCUT2D eigenvalue weighted by Crippen LogP contribution is -2.28. The van der Waals surface area contributed by atoms with Crippen molar-refractivity contribution < 1.29 is 15.1 Å². The molecule has 0 N–H and O–H groups in total. The summed E-state index contributed by atoms with van der Waals surface area (Å²) in [5, 5.41) is 0.979. The van der Waals surface area contributed by atoms with Crippen LogP contribution < -0.4 is 4.90 Å². The van der Waals surface area contributed by atoms with Crippen molar-refractivity contribution in [3.05, 3.63) is 234 Å². The number of nitrogens with zero attached hydrogens (tertiary/aromatic N) is 1. The third kappa shape index (κ3) is 4.56. The normalized spacial score (nSPS) is 15.7. The van der Waals surface area contributed by atoms with E-state index in [0.29, 0.717) is 22.2 Å². The molecule has 1 aliphatic carbocycles. The van der Waals surface area contributed by atoms with Crippen LogP contribution >= 0.6 is 0 Å². The lowest BCUT2D eigenvalue weighted by atomic mass is 9.68. The summed E-state index contributed by atoms with van der Waals surface area (Å²) in [4.78, 5) is 1.42. The van der Waals surface area contributed by atoms with E-state index < -0.39 is 59.8 Å². The number of fused-ring (bicyclic) bond motifs is 5. The largest absolute Gasteiger partial charge is 0.309 e. The maximum Gasteiger partial charge on any atom is 0.0714 e. The Labute approximate surface area is 320 Å². The quantitative estimate of drug-likeness (QED) is 0.170. The summed E-state index contributed by atoms with van der Waals surface area (Å²) in [5.74, 6) is 0. The molecule has 0 saturated carbocycles. The van der Waals surface area contributed by atoms with Crippen LogP contribution in [0.4, 0.5) is 17.1 Å². The van der Waals surface area contributed by atoms with Crippen LogP contribution in [0.2, 0.25) is 0 Å². The highest BCUT2D eigenvalue weighted by atomic mass is 15.1. The standard InChI is InChI=1S/C51H35N/c1-3-22-39(23-4-1)51(40-24-5-2-6-25-40)46-31-12-11-29-45(46)50-47(51)32-16-34-49(50)52(48-33-15-20-37-18-8-10-28-44(37)48)41-26-13-21-38(35-41)43-30-14-19-36-17-7-9-27-42(36)43/h1-35H/i8D,10D,13D,15D,18D,20D,21D,26D,28D,33D,35D. The van der Waals surface area contributed by atoms with Gasteiger partial charge < -0.3 is 4.90 Å². The molecular formula is C51H35N. The van der Waals surface area contributed by atoms with Crippen LogP contribution in [0.1, 0.15) is 37.3 Å². The van der Waals surface area contributed by atoms with E-state index in [9.17, 15) is 9.60 Å². The summed E-state index contributed by atoms with van der Waals surface area (Å²) in [6.45, 7) is 0. The van der Waals surface area contributed by atoms with Crippen LogP contribution in [0.5, 0.6) is 0 Å². The van der Waals surface area contributed by atoms with Gasteiger partial charge in [0.05, 0.1) is 31.9 Å². The molecule has 244 valence electrons. The summed E-state index contributed by atoms with van der Waals surface area (Å²) >= 11 is 0. The van der Waals surface area contributed by atoms with E-state index in [2.05, 4.69) is 30.3 Å². The first-order valence-electron chi connectivity index (χ1n) is 22.6. The van der Waals surface area contributed by atoms with Crippen LogP contribution in [0.25, 0.3) is 43.8 Å². The fraction of sp³-hybridized carbons (Fsp3) is 0.0196. The second-order valence-corrected chi connectivity index (χ2v) is 12.8. The van der Waals surface area contributed by atoms with Gasteiger partial charge in [0.25, 0.3) is 0 Å². The second-order valence-electron chi connectivity index (χ2n) is 12.8. The van der Waals surface area contributed by atoms with Crippen LogP contribution in [0.3, 0.4) is 0 Å². The van der Waals surface area contributed by atoms with Crippen molar-refractivity contribution in [1.82, 2.24) is 0 Å². The van der Waals surface area contributed by atoms with E-state index in [1.165, 1.54) is 4.90 Å². The predicted molar refractivity (Wildman–Crippen MR) is 219 cm³/mol. The Kier molecular flexibility index (Phi) is 4.92. The number of benzene rings is 9. The first-order chi connectivity index (χ1) is 30.4. The summed E-state index contributed by atoms with van der Waals surface area (Å²) < 4.78 is 102. The molecule has 0 fully saturated rings. The highest BCUT2D eigenvalue weighted by molar-refractivity contribution is 6.04. The zero-order chi connectivity index (χ0) is 44.1. The van der Waals surface area contributed by atoms with Gasteiger partial charge in [-0.2, -0.15) is 0 Å². The molecule has 0 saturated heterocycles. The molecule has 0 amide bonds. The van der Waals surface area contributed by atoms with Gasteiger partial charge in [-0.05, 0) is 79.3 Å². The fourth-order valence-corrected chi connectivity index (χ4v) is 8.00. The molecule has 1 aliphatic rings. The molecule has 0 aliphatic heterocycles. The lowest BCUT2D eigenvalue weighted by molar-refractivity contribution is 0.768. The summed E-state index contributed by atoms with van der Waals surface area (Å²) in [6, 6.07) is 40.6. The van der Waals surface area contributed by atoms with Gasteiger partial charge in [-0.1, -0.05) is 188 Å². The molecule has 0 spiro atoms. The minimum Gasteiger partial charge on any atom is -0.309 e. The van der Waals surface area contributed by atoms with Gasteiger partial charge in [0.2, 0.25) is 0 Å². The Balaban J connectivity index is 1.43. The molecule has 9 aromatic carbocycles. The van der Waals surface area contributed by atoms with Gasteiger partial charge in [0.1, 0.15) is 0 Å². The van der Waals surface area contributed by atoms with Crippen molar-refractivity contribution >= 4 is 38.6 Å². The van der Waals surface area contributed by atoms with Crippen molar-refractivity contribution in [2.24, 2.45) is 0 Å². The van der Waals surface area contributed by atoms with E-state index in [-0.39, 0.29) is 39.8 Å². The SMILES string of the molecule is [2H]c1c([2H])c(-c2cccc3ccccc23)c([2H])c(N(c2cccc3c2-c2ccccc2C3(c2ccccc2)c2ccccc2)c2c([2H])c([2H])c([2H])c3c([2H])c([2H])c([2H])c([2H])c23)c1[2H]. The first-order valence-corrected chi connectivity index (χ1v) is 17.1. The van der Waals surface area contributed by atoms with Gasteiger partial charge in [0, 0.05) is 16.6 Å². The number of hydrogen-bond donors (Lipinski definition) is 0. The zero-order valence-electron chi connectivity index (χ0n) is 38.8. The summed E-state index contributed by atoms with van der Waals surface area (Å²) in [7, 11) is 0. The molecular weight excluding hydrogens is 627 g/mol. The molecule has 0 bridgehead atoms. The Morgan fingerprint density at radius 2 is 1.06 bits per heavy atom. The Morgan fingerprint density at radius 3 is 1.90 bits per heavy atom. The van der Waals surface area contributed by atoms with E-state index in [1.54, 1.807) is 18.2 Å². The predicted octanol–water partition coefficient (Wildman–Crippen LogP) is 13.5. The Bertz CT molecular complexity index is 3320. The third-order valence-electron chi connectivity index (χ3n) is 10.1. The molecule has 9 aromatic rings. The molecule has 0 unspecified atom stereocenters. The average Bonchev–Trinajstić information content (AvgIpc) is 3.62. The number of hydrogen-bond acceptors (Lipinski definition) is 1. The zero-order valence-corrected chi connectivity index (χ0v) is 27.8. The van der Waals surface area contributed by atoms with E-state index in [1.807, 2.05) is 97.1 Å². The first kappa shape index (κ1) is 20.8. The molecule has 10 rings (SSSR count). The van der Waals surface area contributed by atoms with Crippen molar-refractivity contribution in [1.29, 1.82) is 0 Å². The van der Waals surface area contributed by atoms with E-state index in [4.69, 9.17) is 5.48 Å². The molecule has 0 radical (unpaired) electrons. The molecule has 0 aromatic heterocycles. The monoisotopic (exact) mass is 672 g/mol. The molecule has 0 atom stereocenters. The highest BCUT2D eigenvalue weighted by Gasteiger charge is 2.47. The van der Waals surface area contributed by atoms with Crippen molar-refractivity contribution in [3.8, 4) is 22.3 Å². The van der Waals surface area contributed by atoms with Gasteiger partial charge >= 0.3 is 0 Å². The Morgan fingerprint density at radius 1 is 0.423 bits per heavy atom. The molecule has 1 heteroatoms. The van der Waals surface area contributed by atoms with Crippen molar-refractivity contribution in [2.45, 2.75) is 5.41 Å². The van der Waals surface area contributed by atoms with Crippen molar-refractivity contribution in [2.75, 3.05) is 4.90 Å². The van der Waals surface area contributed by atoms with Gasteiger partial charge in [0.15, 0.2) is 0 Å². The minimum absolute atomic E-state index is 0.0460. The van der Waals surface area contributed by atoms with Crippen LogP contribution in [-0.4, -0.2) is 0 Å². The summed E-state index contributed by atoms with van der Waals surface area (Å²) in [6.07, 6.45) is 0. The number of anilines is 3. The average molecular weight is 673 g/mol. The van der Waals surface area contributed by atoms with E-state index >= 15 is 0 Å². The van der Waals surface area contributed by atoms with Gasteiger partial charge in [-0.25, -0.2) is 0 Å². The van der Waals surface area contributed by atoms with Gasteiger partial charge in [-0.3, -0.25) is 0 Å². The smallest absolute Gasteiger partial charge is 0.0714 e. The Hall–Kier alpha value is -6.70. The molecule has 52 heavy (non-hydrogen) atoms. The highest BCUT2D eigenvalue weighted by Crippen LogP contribution is 2.59. The molecule has 1 nitrogen and oxygen atoms in total. The van der Waals surface area contributed by atoms with E-state index in [0.717, 1.165) is 33.2 Å². The van der Waals surface area contributed by atoms with Crippen LogP contribution in [-0.2, 0) is 5.41 Å². The molecule has 0 heterocycles. The second kappa shape index (κ2) is 12.3. The van der Waals surface area contributed by atoms with Crippen molar-refractivity contribution in [3.63, 3.8) is 0 Å². The maximum atomic E-state index is 10.1. The number of rotatable bonds is 6. The van der Waals surface area contributed by atoms with Crippen LogP contribution in [0, 0.1) is 0 Å². The maximum absolute atomic E-state index is 10.1. The topological polar surface area (TPSA) is 3.24 Å². The lowest BCUT2D eigenvalue weighted by Gasteiger charge is -2.34. The fourth-order valence-electron chi connectivity index (χ4n) is 8.00. The van der Waals surface area contributed by atoms with Crippen LogP contribution in [0.15, 0.2) is 212 Å². The minimum atomic E-state index is -0.926.